The first-order valence-electron chi connectivity index (χ1n) is 17.8. The molecule has 0 radical (unpaired) electrons. The van der Waals surface area contributed by atoms with Gasteiger partial charge in [-0.1, -0.05) is 5.16 Å². The van der Waals surface area contributed by atoms with E-state index in [0.717, 1.165) is 33.2 Å². The van der Waals surface area contributed by atoms with E-state index in [0.29, 0.717) is 0 Å². The molecule has 4 heterocycles. The Labute approximate surface area is 346 Å². The van der Waals surface area contributed by atoms with Gasteiger partial charge in [0.1, 0.15) is 40.6 Å². The van der Waals surface area contributed by atoms with Crippen LogP contribution in [-0.4, -0.2) is 144 Å². The number of oxime groups is 1. The van der Waals surface area contributed by atoms with Crippen molar-refractivity contribution < 1.29 is 62.7 Å². The van der Waals surface area contributed by atoms with Crippen LogP contribution in [0.25, 0.3) is 0 Å². The van der Waals surface area contributed by atoms with Crippen LogP contribution in [0.5, 0.6) is 0 Å². The Balaban J connectivity index is 1.48. The van der Waals surface area contributed by atoms with Gasteiger partial charge >= 0.3 is 24.1 Å². The van der Waals surface area contributed by atoms with Gasteiger partial charge in [-0.05, 0) is 55.4 Å². The first-order valence-corrected chi connectivity index (χ1v) is 19.6. The number of fused-ring (bicyclic) bond motifs is 1. The molecular formula is C33H48N12O12S2. The van der Waals surface area contributed by atoms with Crippen LogP contribution in [0.2, 0.25) is 0 Å². The Bertz CT molecular complexity index is 2000. The van der Waals surface area contributed by atoms with Gasteiger partial charge in [0.25, 0.3) is 17.9 Å². The number of hydrogen-bond donors (Lipinski definition) is 7. The van der Waals surface area contributed by atoms with Crippen LogP contribution < -0.4 is 37.8 Å². The quantitative estimate of drug-likeness (QED) is 0.0302. The van der Waals surface area contributed by atoms with E-state index in [1.165, 1.54) is 20.9 Å². The lowest BCUT2D eigenvalue weighted by molar-refractivity contribution is -0.962. The van der Waals surface area contributed by atoms with Crippen molar-refractivity contribution in [1.82, 2.24) is 40.5 Å². The highest BCUT2D eigenvalue weighted by Gasteiger charge is 2.56. The fourth-order valence-corrected chi connectivity index (χ4v) is 7.42. The number of hydrogen-bond acceptors (Lipinski definition) is 19. The standard InChI is InChI=1S/C33H48N12O12S2/c1-31(2,3)55-26(50)33(7,8)57-41-17(21-40-27(35)59-42-21)22(46)39-18-23(47)44-19(25(48)49)15(14-58-24(18)44)12-45(30(53)54)13-16(20(34)43(45)9)38-28(51)36-10-11-37-29(52)56-32(4,5)6/h18,24H,10-14H2,1-9H3,(H9-,34,35,36,37,38,39,40,41,42,46,48,49,51,52,53,54)/t18-,24-,45?/m1/s1. The minimum Gasteiger partial charge on any atom is -0.496 e. The molecule has 0 spiro atoms. The Kier molecular flexibility index (Phi) is 13.3. The van der Waals surface area contributed by atoms with E-state index in [4.69, 9.17) is 25.8 Å². The Morgan fingerprint density at radius 1 is 1.02 bits per heavy atom. The highest BCUT2D eigenvalue weighted by Crippen LogP contribution is 2.42. The predicted molar refractivity (Wildman–Crippen MR) is 207 cm³/mol. The maximum Gasteiger partial charge on any atom is 0.407 e. The Hall–Kier alpha value is -5.89. The number of esters is 1. The summed E-state index contributed by atoms with van der Waals surface area (Å²) in [5.41, 5.74) is 7.59. The predicted octanol–water partition coefficient (Wildman–Crippen LogP) is -1.33. The fraction of sp³-hybridized carbons (Fsp3) is 0.576. The molecule has 4 rings (SSSR count). The van der Waals surface area contributed by atoms with Crippen LogP contribution in [0.15, 0.2) is 27.9 Å². The molecule has 1 fully saturated rings. The highest BCUT2D eigenvalue weighted by molar-refractivity contribution is 8.00. The summed E-state index contributed by atoms with van der Waals surface area (Å²) in [5, 5.41) is 37.0. The van der Waals surface area contributed by atoms with Crippen molar-refractivity contribution in [3.8, 4) is 0 Å². The van der Waals surface area contributed by atoms with Gasteiger partial charge < -0.3 is 62.1 Å². The van der Waals surface area contributed by atoms with Gasteiger partial charge in [0.2, 0.25) is 17.1 Å². The van der Waals surface area contributed by atoms with Crippen molar-refractivity contribution in [2.75, 3.05) is 44.7 Å². The zero-order valence-electron chi connectivity index (χ0n) is 33.8. The third kappa shape index (κ3) is 10.6. The van der Waals surface area contributed by atoms with Crippen molar-refractivity contribution in [3.63, 3.8) is 0 Å². The van der Waals surface area contributed by atoms with Gasteiger partial charge in [-0.15, -0.1) is 11.8 Å². The van der Waals surface area contributed by atoms with Crippen LogP contribution in [0.4, 0.5) is 19.5 Å². The summed E-state index contributed by atoms with van der Waals surface area (Å²) in [5.74, 6) is -4.77. The molecule has 6 amide bonds. The molecule has 1 saturated heterocycles. The van der Waals surface area contributed by atoms with Gasteiger partial charge in [0.15, 0.2) is 17.5 Å². The highest BCUT2D eigenvalue weighted by atomic mass is 32.2. The number of thioether (sulfide) groups is 1. The molecule has 3 aliphatic rings. The number of β-lactam (4-membered cyclic amide) rings is 1. The number of nitrogen functional groups attached to an aromatic ring is 1. The molecule has 0 bridgehead atoms. The summed E-state index contributed by atoms with van der Waals surface area (Å²) in [4.78, 5) is 100. The second-order valence-corrected chi connectivity index (χ2v) is 17.7. The molecule has 0 aliphatic carbocycles. The summed E-state index contributed by atoms with van der Waals surface area (Å²) in [6.07, 6.45) is -2.39. The largest absolute Gasteiger partial charge is 0.496 e. The van der Waals surface area contributed by atoms with Gasteiger partial charge in [-0.3, -0.25) is 14.5 Å². The van der Waals surface area contributed by atoms with E-state index in [-0.39, 0.29) is 46.9 Å². The molecule has 1 unspecified atom stereocenters. The number of quaternary nitrogens is 1. The van der Waals surface area contributed by atoms with E-state index in [2.05, 4.69) is 35.8 Å². The fourth-order valence-electron chi connectivity index (χ4n) is 5.65. The summed E-state index contributed by atoms with van der Waals surface area (Å²) < 4.78 is 13.4. The van der Waals surface area contributed by atoms with E-state index >= 15 is 0 Å². The number of carbonyl (C=O) groups excluding carboxylic acids is 6. The second-order valence-electron chi connectivity index (χ2n) is 15.8. The lowest BCUT2D eigenvalue weighted by atomic mass is 10.0. The Morgan fingerprint density at radius 2 is 1.64 bits per heavy atom. The average Bonchev–Trinajstić information content (AvgIpc) is 3.63. The lowest BCUT2D eigenvalue weighted by Crippen LogP contribution is -2.72. The van der Waals surface area contributed by atoms with Gasteiger partial charge in [-0.2, -0.15) is 13.9 Å². The van der Waals surface area contributed by atoms with Crippen molar-refractivity contribution in [3.05, 3.63) is 28.6 Å². The number of nitrogens with two attached hydrogens (primary N) is 2. The zero-order chi connectivity index (χ0) is 44.4. The first-order chi connectivity index (χ1) is 27.2. The number of carboxylic acid groups (broad SMARTS) is 2. The second kappa shape index (κ2) is 17.1. The van der Waals surface area contributed by atoms with Crippen LogP contribution in [0.3, 0.4) is 0 Å². The van der Waals surface area contributed by atoms with Crippen LogP contribution in [0, 0.1) is 0 Å². The van der Waals surface area contributed by atoms with E-state index in [1.54, 1.807) is 41.5 Å². The molecule has 3 aliphatic heterocycles. The number of alkyl carbamates (subject to hydrolysis) is 1. The Morgan fingerprint density at radius 3 is 2.20 bits per heavy atom. The normalized spacial score (nSPS) is 21.0. The minimum absolute atomic E-state index is 0.00976. The van der Waals surface area contributed by atoms with Gasteiger partial charge in [-0.25, -0.2) is 24.2 Å². The first kappa shape index (κ1) is 45.8. The summed E-state index contributed by atoms with van der Waals surface area (Å²) in [6.45, 7) is 11.7. The number of carboxylic acids is 1. The van der Waals surface area contributed by atoms with Crippen LogP contribution in [-0.2, 0) is 33.5 Å². The number of amides is 6. The molecular weight excluding hydrogens is 821 g/mol. The van der Waals surface area contributed by atoms with Crippen LogP contribution >= 0.6 is 23.3 Å². The number of carbonyl (C=O) groups is 7. The summed E-state index contributed by atoms with van der Waals surface area (Å²) in [7, 11) is 1.31. The SMILES string of the molecule is CN1C(N)=C(NC(=O)NCCNC(=O)OC(C)(C)C)C[N+]1(CC1=C(C(=O)O)N2C(=O)[C@@H](NC(=O)/C(=N\OC(C)(C)C(=O)OC(C)(C)C)c3nsc(N)n3)[C@H]2SC1)C(=O)[O-]. The molecule has 26 heteroatoms. The average molecular weight is 869 g/mol. The van der Waals surface area contributed by atoms with E-state index in [9.17, 15) is 43.8 Å². The van der Waals surface area contributed by atoms with E-state index < -0.39 is 99.3 Å². The molecule has 59 heavy (non-hydrogen) atoms. The number of nitrogens with zero attached hydrogens (tertiary/aromatic N) is 6. The molecule has 0 aromatic carbocycles. The monoisotopic (exact) mass is 868 g/mol. The number of aromatic nitrogens is 2. The lowest BCUT2D eigenvalue weighted by Gasteiger charge is -2.50. The topological polar surface area (TPSA) is 335 Å². The smallest absolute Gasteiger partial charge is 0.407 e. The third-order valence-electron chi connectivity index (χ3n) is 8.45. The van der Waals surface area contributed by atoms with Crippen molar-refractivity contribution >= 4 is 76.1 Å². The third-order valence-corrected chi connectivity index (χ3v) is 10.3. The molecule has 9 N–H and O–H groups in total. The molecule has 1 aromatic heterocycles. The molecule has 24 nitrogen and oxygen atoms in total. The van der Waals surface area contributed by atoms with Crippen molar-refractivity contribution in [2.45, 2.75) is 83.6 Å². The van der Waals surface area contributed by atoms with E-state index in [1.807, 2.05) is 0 Å². The maximum atomic E-state index is 13.6. The number of ether oxygens (including phenoxy) is 2. The molecule has 324 valence electrons. The van der Waals surface area contributed by atoms with Gasteiger partial charge in [0.05, 0.1) is 7.05 Å². The van der Waals surface area contributed by atoms with Crippen molar-refractivity contribution in [2.24, 2.45) is 10.9 Å². The molecule has 1 aromatic rings. The van der Waals surface area contributed by atoms with Gasteiger partial charge in [0, 0.05) is 35.9 Å². The number of urea groups is 1. The molecule has 3 atom stereocenters. The number of rotatable bonds is 13. The van der Waals surface area contributed by atoms with Crippen LogP contribution in [0.1, 0.15) is 61.2 Å². The maximum absolute atomic E-state index is 13.6. The van der Waals surface area contributed by atoms with Crippen molar-refractivity contribution in [1.29, 1.82) is 0 Å². The number of aliphatic carboxylic acids is 1. The minimum atomic E-state index is -1.70. The summed E-state index contributed by atoms with van der Waals surface area (Å²) >= 11 is 1.78. The number of nitrogens with one attached hydrogen (secondary N) is 4. The zero-order valence-corrected chi connectivity index (χ0v) is 35.4. The summed E-state index contributed by atoms with van der Waals surface area (Å²) in [6, 6.07) is -2.07. The molecule has 0 saturated carbocycles. The number of anilines is 1.